The van der Waals surface area contributed by atoms with Gasteiger partial charge in [0.25, 0.3) is 5.91 Å². The molecule has 3 N–H and O–H groups in total. The van der Waals surface area contributed by atoms with Crippen LogP contribution in [0.4, 0.5) is 11.5 Å². The lowest BCUT2D eigenvalue weighted by Crippen LogP contribution is -2.56. The minimum Gasteiger partial charge on any atom is -0.353 e. The number of aryl methyl sites for hydroxylation is 1. The summed E-state index contributed by atoms with van der Waals surface area (Å²) in [5.41, 5.74) is 8.83. The Morgan fingerprint density at radius 2 is 1.94 bits per heavy atom. The van der Waals surface area contributed by atoms with Gasteiger partial charge < -0.3 is 15.5 Å². The first-order valence-corrected chi connectivity index (χ1v) is 14.2. The molecule has 4 heterocycles. The van der Waals surface area contributed by atoms with Gasteiger partial charge >= 0.3 is 0 Å². The third-order valence-corrected chi connectivity index (χ3v) is 7.59. The Morgan fingerprint density at radius 3 is 2.64 bits per heavy atom. The van der Waals surface area contributed by atoms with E-state index in [4.69, 9.17) is 27.4 Å². The molecular weight excluding hydrogens is 502 g/mol. The summed E-state index contributed by atoms with van der Waals surface area (Å²) < 4.78 is 28.0. The maximum Gasteiger partial charge on any atom is 0.256 e. The second-order valence-corrected chi connectivity index (χ2v) is 12.2. The first kappa shape index (κ1) is 24.8. The van der Waals surface area contributed by atoms with Crippen molar-refractivity contribution < 1.29 is 13.2 Å². The SMILES string of the molecule is Cc1cn2nc([C@@H]3CC[C@H](C)CN3C(=O)c3cc(Cl)ccc3NS(C)(=O)=O)cc2nc1N1CC(N)C1. The van der Waals surface area contributed by atoms with Crippen molar-refractivity contribution in [2.45, 2.75) is 38.8 Å². The molecule has 36 heavy (non-hydrogen) atoms. The predicted octanol–water partition coefficient (Wildman–Crippen LogP) is 2.82. The van der Waals surface area contributed by atoms with E-state index in [1.807, 2.05) is 19.2 Å². The van der Waals surface area contributed by atoms with Crippen LogP contribution in [0.2, 0.25) is 5.02 Å². The number of aromatic nitrogens is 3. The average Bonchev–Trinajstić information content (AvgIpc) is 3.18. The van der Waals surface area contributed by atoms with Gasteiger partial charge in [-0.15, -0.1) is 0 Å². The quantitative estimate of drug-likeness (QED) is 0.518. The second kappa shape index (κ2) is 9.20. The van der Waals surface area contributed by atoms with Crippen LogP contribution in [0.1, 0.15) is 47.4 Å². The van der Waals surface area contributed by atoms with Crippen LogP contribution in [0.25, 0.3) is 5.65 Å². The number of anilines is 2. The minimum atomic E-state index is -3.59. The highest BCUT2D eigenvalue weighted by molar-refractivity contribution is 7.92. The highest BCUT2D eigenvalue weighted by Crippen LogP contribution is 2.36. The van der Waals surface area contributed by atoms with Crippen LogP contribution in [0.15, 0.2) is 30.5 Å². The van der Waals surface area contributed by atoms with Gasteiger partial charge in [0.15, 0.2) is 5.65 Å². The first-order valence-electron chi connectivity index (χ1n) is 11.9. The Morgan fingerprint density at radius 1 is 1.19 bits per heavy atom. The fourth-order valence-corrected chi connectivity index (χ4v) is 5.76. The average molecular weight is 532 g/mol. The number of carbonyl (C=O) groups is 1. The minimum absolute atomic E-state index is 0.167. The van der Waals surface area contributed by atoms with E-state index < -0.39 is 10.0 Å². The number of sulfonamides is 1. The summed E-state index contributed by atoms with van der Waals surface area (Å²) >= 11 is 6.20. The summed E-state index contributed by atoms with van der Waals surface area (Å²) in [4.78, 5) is 22.6. The second-order valence-electron chi connectivity index (χ2n) is 10.0. The third kappa shape index (κ3) is 4.87. The highest BCUT2D eigenvalue weighted by atomic mass is 35.5. The topological polar surface area (TPSA) is 126 Å². The summed E-state index contributed by atoms with van der Waals surface area (Å²) in [6, 6.07) is 6.39. The van der Waals surface area contributed by atoms with Crippen molar-refractivity contribution in [3.05, 3.63) is 52.3 Å². The Kier molecular flexibility index (Phi) is 6.34. The zero-order valence-corrected chi connectivity index (χ0v) is 22.1. The fourth-order valence-electron chi connectivity index (χ4n) is 5.01. The standard InChI is InChI=1S/C24H30ClN7O3S/c1-14-4-7-21(20-9-22-27-23(30-12-17(26)13-30)15(2)11-32(22)28-20)31(10-14)24(33)18-8-16(25)5-6-19(18)29-36(3,34)35/h5-6,8-9,11,14,17,21,29H,4,7,10,12-13,26H2,1-3H3/t14-,21-/m0/s1. The molecule has 2 aliphatic heterocycles. The van der Waals surface area contributed by atoms with Crippen LogP contribution in [0, 0.1) is 12.8 Å². The van der Waals surface area contributed by atoms with Gasteiger partial charge in [0.1, 0.15) is 5.82 Å². The van der Waals surface area contributed by atoms with Crippen LogP contribution in [0.3, 0.4) is 0 Å². The molecule has 5 rings (SSSR count). The maximum absolute atomic E-state index is 13.8. The van der Waals surface area contributed by atoms with Crippen molar-refractivity contribution in [1.82, 2.24) is 19.5 Å². The number of fused-ring (bicyclic) bond motifs is 1. The number of hydrogen-bond acceptors (Lipinski definition) is 7. The van der Waals surface area contributed by atoms with E-state index in [1.54, 1.807) is 15.5 Å². The number of benzene rings is 1. The number of halogens is 1. The van der Waals surface area contributed by atoms with E-state index in [2.05, 4.69) is 16.5 Å². The monoisotopic (exact) mass is 531 g/mol. The van der Waals surface area contributed by atoms with Crippen LogP contribution < -0.4 is 15.4 Å². The molecule has 10 nitrogen and oxygen atoms in total. The third-order valence-electron chi connectivity index (χ3n) is 6.76. The maximum atomic E-state index is 13.8. The molecule has 0 saturated carbocycles. The predicted molar refractivity (Wildman–Crippen MR) is 140 cm³/mol. The van der Waals surface area contributed by atoms with Crippen molar-refractivity contribution in [3.8, 4) is 0 Å². The molecule has 12 heteroatoms. The molecule has 2 atom stereocenters. The Labute approximate surface area is 215 Å². The van der Waals surface area contributed by atoms with Crippen LogP contribution in [0.5, 0.6) is 0 Å². The fraction of sp³-hybridized carbons (Fsp3) is 0.458. The molecule has 3 aromatic rings. The Balaban J connectivity index is 1.51. The summed E-state index contributed by atoms with van der Waals surface area (Å²) in [5.74, 6) is 0.892. The first-order chi connectivity index (χ1) is 17.0. The molecule has 0 unspecified atom stereocenters. The largest absolute Gasteiger partial charge is 0.353 e. The lowest BCUT2D eigenvalue weighted by atomic mass is 9.91. The number of nitrogens with zero attached hydrogens (tertiary/aromatic N) is 5. The van der Waals surface area contributed by atoms with Gasteiger partial charge in [-0.1, -0.05) is 18.5 Å². The van der Waals surface area contributed by atoms with Gasteiger partial charge in [-0.25, -0.2) is 17.9 Å². The lowest BCUT2D eigenvalue weighted by molar-refractivity contribution is 0.0538. The van der Waals surface area contributed by atoms with E-state index in [0.717, 1.165) is 49.3 Å². The zero-order chi connectivity index (χ0) is 25.8. The lowest BCUT2D eigenvalue weighted by Gasteiger charge is -2.38. The molecule has 0 spiro atoms. The molecular formula is C24H30ClN7O3S. The summed E-state index contributed by atoms with van der Waals surface area (Å²) in [5, 5.41) is 5.14. The summed E-state index contributed by atoms with van der Waals surface area (Å²) in [6.45, 7) is 6.17. The smallest absolute Gasteiger partial charge is 0.256 e. The molecule has 2 aliphatic rings. The van der Waals surface area contributed by atoms with Crippen LogP contribution in [-0.2, 0) is 10.0 Å². The van der Waals surface area contributed by atoms with Gasteiger partial charge in [-0.05, 0) is 43.9 Å². The van der Waals surface area contributed by atoms with E-state index in [0.29, 0.717) is 17.2 Å². The van der Waals surface area contributed by atoms with Gasteiger partial charge in [-0.2, -0.15) is 5.10 Å². The molecule has 0 aliphatic carbocycles. The number of likely N-dealkylation sites (tertiary alicyclic amines) is 1. The molecule has 1 aromatic carbocycles. The number of amides is 1. The van der Waals surface area contributed by atoms with E-state index in [9.17, 15) is 13.2 Å². The van der Waals surface area contributed by atoms with E-state index >= 15 is 0 Å². The number of piperidine rings is 1. The van der Waals surface area contributed by atoms with E-state index in [-0.39, 0.29) is 35.2 Å². The molecule has 2 saturated heterocycles. The number of hydrogen-bond donors (Lipinski definition) is 2. The van der Waals surface area contributed by atoms with Crippen LogP contribution in [-0.4, -0.2) is 65.8 Å². The van der Waals surface area contributed by atoms with E-state index in [1.165, 1.54) is 12.1 Å². The molecule has 0 bridgehead atoms. The Hall–Kier alpha value is -2.89. The van der Waals surface area contributed by atoms with Crippen molar-refractivity contribution in [2.24, 2.45) is 11.7 Å². The molecule has 0 radical (unpaired) electrons. The summed E-state index contributed by atoms with van der Waals surface area (Å²) in [7, 11) is -3.59. The van der Waals surface area contributed by atoms with Crippen molar-refractivity contribution in [3.63, 3.8) is 0 Å². The van der Waals surface area contributed by atoms with Crippen molar-refractivity contribution >= 4 is 44.7 Å². The van der Waals surface area contributed by atoms with Crippen molar-refractivity contribution in [2.75, 3.05) is 35.5 Å². The van der Waals surface area contributed by atoms with Gasteiger partial charge in [0, 0.05) is 48.5 Å². The highest BCUT2D eigenvalue weighted by Gasteiger charge is 2.35. The molecule has 2 fully saturated rings. The van der Waals surface area contributed by atoms with Gasteiger partial charge in [0.2, 0.25) is 10.0 Å². The van der Waals surface area contributed by atoms with Crippen molar-refractivity contribution in [1.29, 1.82) is 0 Å². The zero-order valence-electron chi connectivity index (χ0n) is 20.5. The van der Waals surface area contributed by atoms with Crippen LogP contribution >= 0.6 is 11.6 Å². The molecule has 192 valence electrons. The van der Waals surface area contributed by atoms with Gasteiger partial charge in [-0.3, -0.25) is 9.52 Å². The summed E-state index contributed by atoms with van der Waals surface area (Å²) in [6.07, 6.45) is 4.68. The normalized spacial score (nSPS) is 21.0. The number of nitrogens with two attached hydrogens (primary N) is 1. The number of carbonyl (C=O) groups excluding carboxylic acids is 1. The number of rotatable bonds is 5. The molecule has 2 aromatic heterocycles. The Bertz CT molecular complexity index is 1430. The number of nitrogens with one attached hydrogen (secondary N) is 1. The van der Waals surface area contributed by atoms with Gasteiger partial charge in [0.05, 0.1) is 29.2 Å². The molecule has 1 amide bonds.